The number of nitrogens with one attached hydrogen (secondary N) is 2. The Bertz CT molecular complexity index is 946. The average Bonchev–Trinajstić information content (AvgIpc) is 3.09. The van der Waals surface area contributed by atoms with Crippen LogP contribution >= 0.6 is 15.9 Å². The first-order valence-electron chi connectivity index (χ1n) is 7.75. The number of aromatic amines is 1. The van der Waals surface area contributed by atoms with Gasteiger partial charge in [0.25, 0.3) is 5.91 Å². The summed E-state index contributed by atoms with van der Waals surface area (Å²) in [5.74, 6) is -0.342. The first-order valence-corrected chi connectivity index (χ1v) is 8.55. The molecule has 2 aromatic carbocycles. The summed E-state index contributed by atoms with van der Waals surface area (Å²) in [5, 5.41) is 11.0. The molecule has 1 aromatic heterocycles. The zero-order chi connectivity index (χ0) is 17.8. The van der Waals surface area contributed by atoms with Gasteiger partial charge in [0, 0.05) is 15.6 Å². The van der Waals surface area contributed by atoms with Crippen LogP contribution in [0.4, 0.5) is 0 Å². The Morgan fingerprint density at radius 2 is 1.96 bits per heavy atom. The molecule has 0 bridgehead atoms. The molecule has 0 aliphatic heterocycles. The van der Waals surface area contributed by atoms with Crippen LogP contribution in [0.5, 0.6) is 0 Å². The average molecular weight is 397 g/mol. The molecular formula is C19H17BrN4O. The minimum absolute atomic E-state index is 0.342. The summed E-state index contributed by atoms with van der Waals surface area (Å²) in [6.45, 7) is 4.11. The van der Waals surface area contributed by atoms with Crippen molar-refractivity contribution in [2.45, 2.75) is 13.8 Å². The number of hydrogen-bond donors (Lipinski definition) is 2. The van der Waals surface area contributed by atoms with Gasteiger partial charge in [-0.2, -0.15) is 10.2 Å². The van der Waals surface area contributed by atoms with Crippen molar-refractivity contribution in [2.75, 3.05) is 0 Å². The van der Waals surface area contributed by atoms with Crippen molar-refractivity contribution >= 4 is 28.1 Å². The third-order valence-corrected chi connectivity index (χ3v) is 4.62. The fourth-order valence-corrected chi connectivity index (χ4v) is 2.67. The Balaban J connectivity index is 1.70. The highest BCUT2D eigenvalue weighted by Crippen LogP contribution is 2.21. The molecule has 1 amide bonds. The van der Waals surface area contributed by atoms with Gasteiger partial charge < -0.3 is 0 Å². The van der Waals surface area contributed by atoms with E-state index in [0.29, 0.717) is 5.69 Å². The fourth-order valence-electron chi connectivity index (χ4n) is 2.29. The third-order valence-electron chi connectivity index (χ3n) is 3.90. The van der Waals surface area contributed by atoms with Gasteiger partial charge in [-0.05, 0) is 43.2 Å². The summed E-state index contributed by atoms with van der Waals surface area (Å²) in [6.07, 6.45) is 1.59. The van der Waals surface area contributed by atoms with Crippen molar-refractivity contribution in [2.24, 2.45) is 5.10 Å². The molecule has 126 valence electrons. The van der Waals surface area contributed by atoms with Crippen molar-refractivity contribution in [3.05, 3.63) is 75.4 Å². The van der Waals surface area contributed by atoms with Gasteiger partial charge >= 0.3 is 0 Å². The molecule has 0 saturated heterocycles. The number of H-pyrrole nitrogens is 1. The smallest absolute Gasteiger partial charge is 0.272 e. The molecular weight excluding hydrogens is 380 g/mol. The lowest BCUT2D eigenvalue weighted by atomic mass is 10.0. The normalized spacial score (nSPS) is 11.0. The van der Waals surface area contributed by atoms with Crippen LogP contribution in [-0.2, 0) is 0 Å². The first-order chi connectivity index (χ1) is 12.0. The lowest BCUT2D eigenvalue weighted by Crippen LogP contribution is -2.18. The van der Waals surface area contributed by atoms with E-state index >= 15 is 0 Å². The van der Waals surface area contributed by atoms with Crippen LogP contribution in [0.15, 0.2) is 58.1 Å². The number of benzene rings is 2. The molecule has 2 N–H and O–H groups in total. The maximum atomic E-state index is 12.2. The Morgan fingerprint density at radius 3 is 2.72 bits per heavy atom. The molecule has 6 heteroatoms. The molecule has 0 aliphatic rings. The molecule has 5 nitrogen and oxygen atoms in total. The molecule has 0 radical (unpaired) electrons. The Morgan fingerprint density at radius 1 is 1.16 bits per heavy atom. The molecule has 25 heavy (non-hydrogen) atoms. The molecule has 0 fully saturated rings. The molecule has 0 spiro atoms. The number of hydrogen-bond acceptors (Lipinski definition) is 3. The van der Waals surface area contributed by atoms with Gasteiger partial charge in [0.05, 0.1) is 11.9 Å². The first kappa shape index (κ1) is 17.1. The van der Waals surface area contributed by atoms with Crippen LogP contribution in [0.2, 0.25) is 0 Å². The Kier molecular flexibility index (Phi) is 5.09. The summed E-state index contributed by atoms with van der Waals surface area (Å²) in [5.41, 5.74) is 7.83. The van der Waals surface area contributed by atoms with E-state index in [1.165, 1.54) is 11.1 Å². The number of rotatable bonds is 4. The number of carbonyl (C=O) groups is 1. The van der Waals surface area contributed by atoms with E-state index in [1.807, 2.05) is 36.4 Å². The van der Waals surface area contributed by atoms with Gasteiger partial charge in [-0.25, -0.2) is 5.43 Å². The van der Waals surface area contributed by atoms with Gasteiger partial charge in [0.1, 0.15) is 5.69 Å². The van der Waals surface area contributed by atoms with Crippen LogP contribution in [0.1, 0.15) is 27.2 Å². The summed E-state index contributed by atoms with van der Waals surface area (Å²) in [6, 6.07) is 15.4. The van der Waals surface area contributed by atoms with Crippen molar-refractivity contribution in [1.29, 1.82) is 0 Å². The minimum atomic E-state index is -0.342. The summed E-state index contributed by atoms with van der Waals surface area (Å²) in [4.78, 5) is 12.2. The van der Waals surface area contributed by atoms with E-state index in [9.17, 15) is 4.79 Å². The summed E-state index contributed by atoms with van der Waals surface area (Å²) in [7, 11) is 0. The quantitative estimate of drug-likeness (QED) is 0.511. The van der Waals surface area contributed by atoms with Crippen molar-refractivity contribution in [1.82, 2.24) is 15.6 Å². The number of amides is 1. The zero-order valence-electron chi connectivity index (χ0n) is 13.9. The number of halogens is 1. The maximum absolute atomic E-state index is 12.2. The maximum Gasteiger partial charge on any atom is 0.289 e. The second-order valence-electron chi connectivity index (χ2n) is 5.69. The standard InChI is InChI=1S/C19H17BrN4O/c1-12-7-8-14(9-13(12)2)17-10-18(23-22-17)19(25)24-21-11-15-5-3-4-6-16(15)20/h3-11H,1-2H3,(H,22,23)(H,24,25)/b21-11-. The lowest BCUT2D eigenvalue weighted by molar-refractivity contribution is 0.0950. The Hall–Kier alpha value is -2.73. The largest absolute Gasteiger partial charge is 0.289 e. The van der Waals surface area contributed by atoms with Crippen LogP contribution in [0, 0.1) is 13.8 Å². The van der Waals surface area contributed by atoms with Crippen molar-refractivity contribution in [3.63, 3.8) is 0 Å². The van der Waals surface area contributed by atoms with Crippen molar-refractivity contribution < 1.29 is 4.79 Å². The van der Waals surface area contributed by atoms with Crippen LogP contribution in [0.3, 0.4) is 0 Å². The second-order valence-corrected chi connectivity index (χ2v) is 6.54. The van der Waals surface area contributed by atoms with Gasteiger partial charge in [0.15, 0.2) is 0 Å². The highest BCUT2D eigenvalue weighted by Gasteiger charge is 2.11. The predicted octanol–water partition coefficient (Wildman–Crippen LogP) is 4.22. The van der Waals surface area contributed by atoms with Crippen LogP contribution in [0.25, 0.3) is 11.3 Å². The number of carbonyl (C=O) groups excluding carboxylic acids is 1. The van der Waals surface area contributed by atoms with E-state index in [2.05, 4.69) is 56.6 Å². The van der Waals surface area contributed by atoms with Crippen molar-refractivity contribution in [3.8, 4) is 11.3 Å². The van der Waals surface area contributed by atoms with Gasteiger partial charge in [0.2, 0.25) is 0 Å². The number of aryl methyl sites for hydroxylation is 2. The molecule has 3 rings (SSSR count). The molecule has 1 heterocycles. The molecule has 0 saturated carbocycles. The lowest BCUT2D eigenvalue weighted by Gasteiger charge is -2.01. The predicted molar refractivity (Wildman–Crippen MR) is 103 cm³/mol. The van der Waals surface area contributed by atoms with Gasteiger partial charge in [-0.3, -0.25) is 9.89 Å². The third kappa shape index (κ3) is 4.03. The SMILES string of the molecule is Cc1ccc(-c2cc(C(=O)N/N=C\c3ccccc3Br)[nH]n2)cc1C. The number of aromatic nitrogens is 2. The van der Waals surface area contributed by atoms with E-state index in [-0.39, 0.29) is 5.91 Å². The second kappa shape index (κ2) is 7.44. The highest BCUT2D eigenvalue weighted by atomic mass is 79.9. The van der Waals surface area contributed by atoms with E-state index in [4.69, 9.17) is 0 Å². The Labute approximate surface area is 154 Å². The monoisotopic (exact) mass is 396 g/mol. The van der Waals surface area contributed by atoms with Gasteiger partial charge in [-0.1, -0.05) is 46.3 Å². The van der Waals surface area contributed by atoms with Crippen LogP contribution in [-0.4, -0.2) is 22.3 Å². The van der Waals surface area contributed by atoms with Crippen LogP contribution < -0.4 is 5.43 Å². The molecule has 3 aromatic rings. The topological polar surface area (TPSA) is 70.1 Å². The zero-order valence-corrected chi connectivity index (χ0v) is 15.5. The summed E-state index contributed by atoms with van der Waals surface area (Å²) >= 11 is 3.43. The molecule has 0 atom stereocenters. The van der Waals surface area contributed by atoms with E-state index in [1.54, 1.807) is 12.3 Å². The van der Waals surface area contributed by atoms with Gasteiger partial charge in [-0.15, -0.1) is 0 Å². The molecule has 0 aliphatic carbocycles. The van der Waals surface area contributed by atoms with E-state index < -0.39 is 0 Å². The molecule has 0 unspecified atom stereocenters. The minimum Gasteiger partial charge on any atom is -0.272 e. The fraction of sp³-hybridized carbons (Fsp3) is 0.105. The van der Waals surface area contributed by atoms with E-state index in [0.717, 1.165) is 21.3 Å². The number of nitrogens with zero attached hydrogens (tertiary/aromatic N) is 2. The number of hydrazone groups is 1. The summed E-state index contributed by atoms with van der Waals surface area (Å²) < 4.78 is 0.909. The highest BCUT2D eigenvalue weighted by molar-refractivity contribution is 9.10.